The number of nitrogens with zero attached hydrogens (tertiary/aromatic N) is 1. The van der Waals surface area contributed by atoms with Crippen molar-refractivity contribution < 1.29 is 9.18 Å². The average Bonchev–Trinajstić information content (AvgIpc) is 3.32. The topological polar surface area (TPSA) is 82.0 Å². The van der Waals surface area contributed by atoms with E-state index in [4.69, 9.17) is 23.1 Å². The van der Waals surface area contributed by atoms with Crippen LogP contribution in [0.5, 0.6) is 0 Å². The molecule has 3 rings (SSSR count). The average molecular weight is 320 g/mol. The number of hydrogen-bond donors (Lipinski definition) is 2. The lowest BCUT2D eigenvalue weighted by atomic mass is 9.97. The van der Waals surface area contributed by atoms with E-state index in [1.165, 1.54) is 24.4 Å². The predicted molar refractivity (Wildman–Crippen MR) is 83.1 cm³/mol. The van der Waals surface area contributed by atoms with Crippen LogP contribution in [0.3, 0.4) is 0 Å². The van der Waals surface area contributed by atoms with Gasteiger partial charge in [0.1, 0.15) is 11.5 Å². The monoisotopic (exact) mass is 319 g/mol. The molecular formula is C16H15ClFN3O. The molecule has 1 aromatic heterocycles. The summed E-state index contributed by atoms with van der Waals surface area (Å²) >= 11 is 6.02. The number of hydrogen-bond acceptors (Lipinski definition) is 4. The number of anilines is 1. The molecule has 1 aliphatic carbocycles. The van der Waals surface area contributed by atoms with Gasteiger partial charge in [0.05, 0.1) is 22.5 Å². The minimum absolute atomic E-state index is 0.0490. The number of ketones is 1. The zero-order valence-electron chi connectivity index (χ0n) is 11.7. The highest BCUT2D eigenvalue weighted by Crippen LogP contribution is 2.41. The van der Waals surface area contributed by atoms with E-state index in [1.807, 2.05) is 0 Å². The summed E-state index contributed by atoms with van der Waals surface area (Å²) in [7, 11) is 0. The van der Waals surface area contributed by atoms with Crippen LogP contribution in [-0.4, -0.2) is 10.8 Å². The van der Waals surface area contributed by atoms with Gasteiger partial charge in [0, 0.05) is 11.6 Å². The van der Waals surface area contributed by atoms with Crippen molar-refractivity contribution in [1.82, 2.24) is 4.98 Å². The molecule has 1 saturated carbocycles. The van der Waals surface area contributed by atoms with E-state index in [0.29, 0.717) is 11.3 Å². The molecule has 0 bridgehead atoms. The Morgan fingerprint density at radius 1 is 1.32 bits per heavy atom. The molecule has 1 atom stereocenters. The van der Waals surface area contributed by atoms with Crippen LogP contribution in [0.1, 0.15) is 40.5 Å². The molecule has 114 valence electrons. The fourth-order valence-electron chi connectivity index (χ4n) is 2.41. The van der Waals surface area contributed by atoms with Crippen LogP contribution < -0.4 is 11.5 Å². The molecule has 1 aliphatic rings. The summed E-state index contributed by atoms with van der Waals surface area (Å²) in [6.45, 7) is 0. The number of pyridine rings is 1. The fraction of sp³-hybridized carbons (Fsp3) is 0.250. The van der Waals surface area contributed by atoms with Crippen molar-refractivity contribution in [3.8, 4) is 0 Å². The van der Waals surface area contributed by atoms with Crippen LogP contribution in [0, 0.1) is 11.7 Å². The maximum atomic E-state index is 14.7. The largest absolute Gasteiger partial charge is 0.397 e. The zero-order valence-corrected chi connectivity index (χ0v) is 12.5. The molecule has 0 aliphatic heterocycles. The minimum Gasteiger partial charge on any atom is -0.397 e. The number of nitrogens with two attached hydrogens (primary N) is 2. The van der Waals surface area contributed by atoms with Gasteiger partial charge in [-0.3, -0.25) is 9.78 Å². The summed E-state index contributed by atoms with van der Waals surface area (Å²) in [4.78, 5) is 16.4. The van der Waals surface area contributed by atoms with Gasteiger partial charge in [-0.25, -0.2) is 4.39 Å². The summed E-state index contributed by atoms with van der Waals surface area (Å²) in [5, 5.41) is 0.0490. The molecule has 2 aromatic rings. The van der Waals surface area contributed by atoms with Gasteiger partial charge >= 0.3 is 0 Å². The zero-order chi connectivity index (χ0) is 15.9. The first kappa shape index (κ1) is 14.9. The standard InChI is InChI=1S/C16H15ClFN3O/c17-11-5-4-10(15(20)8-1-2-8)14(18)13(11)16(22)12-6-3-9(19)7-21-12/h3-8,15H,1-2,19-20H2. The highest BCUT2D eigenvalue weighted by Gasteiger charge is 2.33. The van der Waals surface area contributed by atoms with E-state index in [1.54, 1.807) is 6.07 Å². The quantitative estimate of drug-likeness (QED) is 0.848. The first-order valence-corrected chi connectivity index (χ1v) is 7.36. The molecular weight excluding hydrogens is 305 g/mol. The van der Waals surface area contributed by atoms with E-state index in [9.17, 15) is 9.18 Å². The summed E-state index contributed by atoms with van der Waals surface area (Å²) in [5.74, 6) is -0.962. The predicted octanol–water partition coefficient (Wildman–Crippen LogP) is 3.10. The Balaban J connectivity index is 2.03. The summed E-state index contributed by atoms with van der Waals surface area (Å²) in [6.07, 6.45) is 3.30. The lowest BCUT2D eigenvalue weighted by Crippen LogP contribution is -2.17. The Kier molecular flexibility index (Phi) is 3.85. The Morgan fingerprint density at radius 2 is 2.05 bits per heavy atom. The molecule has 1 heterocycles. The summed E-state index contributed by atoms with van der Waals surface area (Å²) < 4.78 is 14.7. The number of rotatable bonds is 4. The second kappa shape index (κ2) is 5.66. The lowest BCUT2D eigenvalue weighted by Gasteiger charge is -2.15. The van der Waals surface area contributed by atoms with Gasteiger partial charge in [-0.1, -0.05) is 17.7 Å². The van der Waals surface area contributed by atoms with Crippen LogP contribution in [0.2, 0.25) is 5.02 Å². The fourth-order valence-corrected chi connectivity index (χ4v) is 2.64. The van der Waals surface area contributed by atoms with E-state index >= 15 is 0 Å². The summed E-state index contributed by atoms with van der Waals surface area (Å²) in [5.41, 5.74) is 12.2. The smallest absolute Gasteiger partial charge is 0.215 e. The van der Waals surface area contributed by atoms with Crippen LogP contribution in [0.25, 0.3) is 0 Å². The van der Waals surface area contributed by atoms with Gasteiger partial charge in [0.2, 0.25) is 5.78 Å². The first-order chi connectivity index (χ1) is 10.5. The van der Waals surface area contributed by atoms with Crippen molar-refractivity contribution in [3.05, 3.63) is 58.1 Å². The van der Waals surface area contributed by atoms with Crippen LogP contribution >= 0.6 is 11.6 Å². The number of halogens is 2. The molecule has 0 spiro atoms. The van der Waals surface area contributed by atoms with E-state index in [2.05, 4.69) is 4.98 Å². The number of carbonyl (C=O) groups is 1. The molecule has 0 radical (unpaired) electrons. The normalized spacial score (nSPS) is 15.6. The van der Waals surface area contributed by atoms with Crippen molar-refractivity contribution >= 4 is 23.1 Å². The molecule has 6 heteroatoms. The second-order valence-electron chi connectivity index (χ2n) is 5.49. The van der Waals surface area contributed by atoms with Crippen molar-refractivity contribution in [1.29, 1.82) is 0 Å². The third kappa shape index (κ3) is 2.69. The number of carbonyl (C=O) groups excluding carboxylic acids is 1. The number of aromatic nitrogens is 1. The molecule has 1 fully saturated rings. The van der Waals surface area contributed by atoms with Gasteiger partial charge in [0.15, 0.2) is 0 Å². The van der Waals surface area contributed by atoms with Crippen LogP contribution in [-0.2, 0) is 0 Å². The Bertz CT molecular complexity index is 729. The first-order valence-electron chi connectivity index (χ1n) is 6.98. The van der Waals surface area contributed by atoms with Crippen LogP contribution in [0.15, 0.2) is 30.5 Å². The van der Waals surface area contributed by atoms with Crippen molar-refractivity contribution in [2.24, 2.45) is 11.7 Å². The molecule has 0 amide bonds. The third-order valence-corrected chi connectivity index (χ3v) is 4.17. The third-order valence-electron chi connectivity index (χ3n) is 3.86. The molecule has 22 heavy (non-hydrogen) atoms. The highest BCUT2D eigenvalue weighted by atomic mass is 35.5. The highest BCUT2D eigenvalue weighted by molar-refractivity contribution is 6.35. The maximum Gasteiger partial charge on any atom is 0.215 e. The Morgan fingerprint density at radius 3 is 2.64 bits per heavy atom. The van der Waals surface area contributed by atoms with Gasteiger partial charge in [-0.05, 0) is 37.0 Å². The molecule has 0 saturated heterocycles. The van der Waals surface area contributed by atoms with Gasteiger partial charge < -0.3 is 11.5 Å². The van der Waals surface area contributed by atoms with Crippen molar-refractivity contribution in [2.45, 2.75) is 18.9 Å². The van der Waals surface area contributed by atoms with Gasteiger partial charge in [0.25, 0.3) is 0 Å². The van der Waals surface area contributed by atoms with Crippen molar-refractivity contribution in [2.75, 3.05) is 5.73 Å². The SMILES string of the molecule is Nc1ccc(C(=O)c2c(Cl)ccc(C(N)C3CC3)c2F)nc1. The molecule has 4 N–H and O–H groups in total. The maximum absolute atomic E-state index is 14.7. The Labute approximate surface area is 132 Å². The van der Waals surface area contributed by atoms with E-state index in [0.717, 1.165) is 12.8 Å². The molecule has 4 nitrogen and oxygen atoms in total. The van der Waals surface area contributed by atoms with Gasteiger partial charge in [-0.2, -0.15) is 0 Å². The second-order valence-corrected chi connectivity index (χ2v) is 5.90. The minimum atomic E-state index is -0.657. The Hall–Kier alpha value is -1.98. The summed E-state index contributed by atoms with van der Waals surface area (Å²) in [6, 6.07) is 5.62. The lowest BCUT2D eigenvalue weighted by molar-refractivity contribution is 0.103. The van der Waals surface area contributed by atoms with E-state index < -0.39 is 17.6 Å². The number of benzene rings is 1. The van der Waals surface area contributed by atoms with Crippen molar-refractivity contribution in [3.63, 3.8) is 0 Å². The van der Waals surface area contributed by atoms with Crippen LogP contribution in [0.4, 0.5) is 10.1 Å². The van der Waals surface area contributed by atoms with E-state index in [-0.39, 0.29) is 22.2 Å². The number of nitrogen functional groups attached to an aromatic ring is 1. The molecule has 1 unspecified atom stereocenters. The van der Waals surface area contributed by atoms with Gasteiger partial charge in [-0.15, -0.1) is 0 Å². The molecule has 1 aromatic carbocycles.